The molecule has 7 heteroatoms. The smallest absolute Gasteiger partial charge is 0.377 e. The predicted octanol–water partition coefficient (Wildman–Crippen LogP) is 2.98. The lowest BCUT2D eigenvalue weighted by Gasteiger charge is -2.39. The van der Waals surface area contributed by atoms with Gasteiger partial charge < -0.3 is 9.64 Å². The second kappa shape index (κ2) is 6.64. The number of ether oxygens (including phenoxy) is 1. The molecular formula is C13H19BrF3NO2. The van der Waals surface area contributed by atoms with Crippen molar-refractivity contribution in [1.82, 2.24) is 4.90 Å². The molecule has 1 saturated carbocycles. The minimum Gasteiger partial charge on any atom is -0.377 e. The van der Waals surface area contributed by atoms with E-state index in [1.54, 1.807) is 4.90 Å². The highest BCUT2D eigenvalue weighted by Gasteiger charge is 2.44. The molecule has 1 heterocycles. The van der Waals surface area contributed by atoms with Crippen LogP contribution < -0.4 is 0 Å². The maximum absolute atomic E-state index is 12.8. The fraction of sp³-hybridized carbons (Fsp3) is 0.923. The summed E-state index contributed by atoms with van der Waals surface area (Å²) in [6, 6.07) is -0.0671. The minimum atomic E-state index is -4.18. The van der Waals surface area contributed by atoms with Crippen LogP contribution in [-0.2, 0) is 9.53 Å². The van der Waals surface area contributed by atoms with Gasteiger partial charge in [-0.2, -0.15) is 13.2 Å². The summed E-state index contributed by atoms with van der Waals surface area (Å²) in [5, 5.41) is 0.591. The van der Waals surface area contributed by atoms with E-state index < -0.39 is 18.0 Å². The van der Waals surface area contributed by atoms with E-state index in [0.29, 0.717) is 37.9 Å². The molecule has 20 heavy (non-hydrogen) atoms. The van der Waals surface area contributed by atoms with E-state index in [1.807, 2.05) is 0 Å². The monoisotopic (exact) mass is 357 g/mol. The minimum absolute atomic E-state index is 0.0608. The average molecular weight is 358 g/mol. The van der Waals surface area contributed by atoms with Gasteiger partial charge in [0.05, 0.1) is 25.2 Å². The van der Waals surface area contributed by atoms with Crippen molar-refractivity contribution in [2.45, 2.75) is 37.9 Å². The van der Waals surface area contributed by atoms with Crippen LogP contribution in [0.1, 0.15) is 25.7 Å². The second-order valence-electron chi connectivity index (χ2n) is 5.52. The maximum atomic E-state index is 12.8. The first-order chi connectivity index (χ1) is 9.43. The van der Waals surface area contributed by atoms with Crippen LogP contribution in [0.3, 0.4) is 0 Å². The van der Waals surface area contributed by atoms with Crippen molar-refractivity contribution in [3.8, 4) is 0 Å². The molecule has 3 nitrogen and oxygen atoms in total. The Balaban J connectivity index is 2.00. The molecule has 1 amide bonds. The zero-order valence-corrected chi connectivity index (χ0v) is 12.8. The number of carbonyl (C=O) groups is 1. The lowest BCUT2D eigenvalue weighted by atomic mass is 9.80. The normalized spacial score (nSPS) is 32.2. The van der Waals surface area contributed by atoms with Gasteiger partial charge in [-0.05, 0) is 19.3 Å². The molecule has 0 aromatic rings. The Labute approximate surface area is 125 Å². The van der Waals surface area contributed by atoms with E-state index in [2.05, 4.69) is 15.9 Å². The van der Waals surface area contributed by atoms with E-state index in [9.17, 15) is 18.0 Å². The molecule has 2 aliphatic rings. The highest BCUT2D eigenvalue weighted by atomic mass is 79.9. The Morgan fingerprint density at radius 1 is 1.35 bits per heavy atom. The van der Waals surface area contributed by atoms with Crippen LogP contribution >= 0.6 is 15.9 Å². The number of morpholine rings is 1. The lowest BCUT2D eigenvalue weighted by Crippen LogP contribution is -2.52. The zero-order valence-electron chi connectivity index (χ0n) is 11.2. The van der Waals surface area contributed by atoms with E-state index >= 15 is 0 Å². The third kappa shape index (κ3) is 3.67. The molecule has 2 fully saturated rings. The number of halogens is 4. The number of alkyl halides is 4. The van der Waals surface area contributed by atoms with Gasteiger partial charge in [-0.15, -0.1) is 0 Å². The van der Waals surface area contributed by atoms with Crippen LogP contribution in [0.15, 0.2) is 0 Å². The number of hydrogen-bond donors (Lipinski definition) is 0. The number of rotatable bonds is 2. The van der Waals surface area contributed by atoms with E-state index in [4.69, 9.17) is 4.74 Å². The first kappa shape index (κ1) is 16.1. The Morgan fingerprint density at radius 3 is 2.75 bits per heavy atom. The number of nitrogens with zero attached hydrogens (tertiary/aromatic N) is 1. The summed E-state index contributed by atoms with van der Waals surface area (Å²) >= 11 is 3.33. The molecule has 0 spiro atoms. The standard InChI is InChI=1S/C13H19BrF3NO2/c14-7-11-8-20-5-4-18(11)12(19)9-2-1-3-10(6-9)13(15,16)17/h9-11H,1-8H2. The van der Waals surface area contributed by atoms with Crippen LogP contribution in [0.4, 0.5) is 13.2 Å². The van der Waals surface area contributed by atoms with Gasteiger partial charge in [0, 0.05) is 17.8 Å². The number of hydrogen-bond acceptors (Lipinski definition) is 2. The summed E-state index contributed by atoms with van der Waals surface area (Å²) in [7, 11) is 0. The third-order valence-electron chi connectivity index (χ3n) is 4.18. The fourth-order valence-corrected chi connectivity index (χ4v) is 3.56. The SMILES string of the molecule is O=C(C1CCCC(C(F)(F)F)C1)N1CCOCC1CBr. The van der Waals surface area contributed by atoms with E-state index in [-0.39, 0.29) is 24.8 Å². The third-order valence-corrected chi connectivity index (χ3v) is 4.92. The van der Waals surface area contributed by atoms with E-state index in [1.165, 1.54) is 0 Å². The van der Waals surface area contributed by atoms with Crippen LogP contribution in [0, 0.1) is 11.8 Å². The van der Waals surface area contributed by atoms with E-state index in [0.717, 1.165) is 0 Å². The Hall–Kier alpha value is -0.300. The topological polar surface area (TPSA) is 29.5 Å². The molecule has 0 bridgehead atoms. The summed E-state index contributed by atoms with van der Waals surface area (Å²) in [5.41, 5.74) is 0. The predicted molar refractivity (Wildman–Crippen MR) is 71.6 cm³/mol. The number of carbonyl (C=O) groups excluding carboxylic acids is 1. The molecule has 0 radical (unpaired) electrons. The second-order valence-corrected chi connectivity index (χ2v) is 6.16. The van der Waals surface area contributed by atoms with Gasteiger partial charge in [0.25, 0.3) is 0 Å². The quantitative estimate of drug-likeness (QED) is 0.711. The molecule has 116 valence electrons. The number of amides is 1. The molecule has 1 saturated heterocycles. The Morgan fingerprint density at radius 2 is 2.10 bits per heavy atom. The molecule has 2 rings (SSSR count). The van der Waals surface area contributed by atoms with Gasteiger partial charge in [0.15, 0.2) is 0 Å². The fourth-order valence-electron chi connectivity index (χ4n) is 3.02. The van der Waals surface area contributed by atoms with Gasteiger partial charge in [-0.3, -0.25) is 4.79 Å². The van der Waals surface area contributed by atoms with Crippen molar-refractivity contribution >= 4 is 21.8 Å². The Bertz CT molecular complexity index is 351. The molecular weight excluding hydrogens is 339 g/mol. The van der Waals surface area contributed by atoms with Gasteiger partial charge in [0.2, 0.25) is 5.91 Å². The van der Waals surface area contributed by atoms with Crippen LogP contribution in [0.5, 0.6) is 0 Å². The Kier molecular flexibility index (Phi) is 5.34. The van der Waals surface area contributed by atoms with Crippen molar-refractivity contribution in [1.29, 1.82) is 0 Å². The van der Waals surface area contributed by atoms with Crippen molar-refractivity contribution < 1.29 is 22.7 Å². The average Bonchev–Trinajstić information content (AvgIpc) is 2.45. The summed E-state index contributed by atoms with van der Waals surface area (Å²) in [4.78, 5) is 14.2. The molecule has 3 atom stereocenters. The van der Waals surface area contributed by atoms with Crippen molar-refractivity contribution in [3.05, 3.63) is 0 Å². The summed E-state index contributed by atoms with van der Waals surface area (Å²) in [6.07, 6.45) is -3.05. The highest BCUT2D eigenvalue weighted by Crippen LogP contribution is 2.40. The molecule has 0 aromatic heterocycles. The van der Waals surface area contributed by atoms with Crippen molar-refractivity contribution in [3.63, 3.8) is 0 Å². The first-order valence-electron chi connectivity index (χ1n) is 6.94. The maximum Gasteiger partial charge on any atom is 0.391 e. The van der Waals surface area contributed by atoms with Gasteiger partial charge >= 0.3 is 6.18 Å². The van der Waals surface area contributed by atoms with Gasteiger partial charge in [-0.25, -0.2) is 0 Å². The molecule has 0 N–H and O–H groups in total. The van der Waals surface area contributed by atoms with Gasteiger partial charge in [0.1, 0.15) is 0 Å². The van der Waals surface area contributed by atoms with Crippen LogP contribution in [0.25, 0.3) is 0 Å². The van der Waals surface area contributed by atoms with Crippen LogP contribution in [0.2, 0.25) is 0 Å². The van der Waals surface area contributed by atoms with Gasteiger partial charge in [-0.1, -0.05) is 22.4 Å². The molecule has 0 aromatic carbocycles. The highest BCUT2D eigenvalue weighted by molar-refractivity contribution is 9.09. The largest absolute Gasteiger partial charge is 0.391 e. The summed E-state index contributed by atoms with van der Waals surface area (Å²) < 4.78 is 43.7. The first-order valence-corrected chi connectivity index (χ1v) is 8.06. The molecule has 1 aliphatic heterocycles. The van der Waals surface area contributed by atoms with Crippen molar-refractivity contribution in [2.75, 3.05) is 25.1 Å². The van der Waals surface area contributed by atoms with Crippen LogP contribution in [-0.4, -0.2) is 48.1 Å². The molecule has 3 unspecified atom stereocenters. The summed E-state index contributed by atoms with van der Waals surface area (Å²) in [5.74, 6) is -1.95. The van der Waals surface area contributed by atoms with Crippen molar-refractivity contribution in [2.24, 2.45) is 11.8 Å². The summed E-state index contributed by atoms with van der Waals surface area (Å²) in [6.45, 7) is 1.39. The molecule has 1 aliphatic carbocycles. The zero-order chi connectivity index (χ0) is 14.8. The lowest BCUT2D eigenvalue weighted by molar-refractivity contribution is -0.188.